The predicted molar refractivity (Wildman–Crippen MR) is 74.4 cm³/mol. The molecule has 1 aromatic carbocycles. The van der Waals surface area contributed by atoms with Crippen molar-refractivity contribution in [2.45, 2.75) is 0 Å². The van der Waals surface area contributed by atoms with Crippen LogP contribution in [0.2, 0.25) is 0 Å². The van der Waals surface area contributed by atoms with Gasteiger partial charge in [0, 0.05) is 17.7 Å². The maximum Gasteiger partial charge on any atom is 0.278 e. The number of carbonyl (C=O) groups excluding carboxylic acids is 1. The van der Waals surface area contributed by atoms with Gasteiger partial charge in [-0.1, -0.05) is 0 Å². The van der Waals surface area contributed by atoms with Crippen molar-refractivity contribution in [1.82, 2.24) is 9.78 Å². The molecule has 0 aliphatic carbocycles. The smallest absolute Gasteiger partial charge is 0.278 e. The minimum Gasteiger partial charge on any atom is -0.396 e. The van der Waals surface area contributed by atoms with Gasteiger partial charge in [-0.25, -0.2) is 0 Å². The van der Waals surface area contributed by atoms with Gasteiger partial charge in [-0.15, -0.1) is 0 Å². The number of amides is 1. The summed E-state index contributed by atoms with van der Waals surface area (Å²) in [6.07, 6.45) is 1.56. The summed E-state index contributed by atoms with van der Waals surface area (Å²) in [7, 11) is 1.69. The van der Waals surface area contributed by atoms with Crippen LogP contribution in [0.1, 0.15) is 16.1 Å². The first-order valence-electron chi connectivity index (χ1n) is 5.31. The number of nitrogens with zero attached hydrogens (tertiary/aromatic N) is 3. The zero-order valence-corrected chi connectivity index (χ0v) is 11.6. The highest BCUT2D eigenvalue weighted by Crippen LogP contribution is 2.24. The summed E-state index contributed by atoms with van der Waals surface area (Å²) < 4.78 is 2.09. The van der Waals surface area contributed by atoms with Crippen LogP contribution in [0.4, 0.5) is 11.4 Å². The van der Waals surface area contributed by atoms with Crippen LogP contribution in [0, 0.1) is 11.3 Å². The van der Waals surface area contributed by atoms with Gasteiger partial charge in [-0.3, -0.25) is 9.48 Å². The number of nitriles is 1. The van der Waals surface area contributed by atoms with Crippen molar-refractivity contribution in [1.29, 1.82) is 5.26 Å². The number of hydrogen-bond donors (Lipinski definition) is 2. The molecule has 19 heavy (non-hydrogen) atoms. The quantitative estimate of drug-likeness (QED) is 0.883. The molecule has 0 saturated heterocycles. The fourth-order valence-electron chi connectivity index (χ4n) is 1.55. The Morgan fingerprint density at radius 1 is 1.58 bits per heavy atom. The highest BCUT2D eigenvalue weighted by Gasteiger charge is 2.15. The molecular formula is C12H10BrN5O. The molecule has 0 unspecified atom stereocenters. The average Bonchev–Trinajstić information content (AvgIpc) is 2.71. The Hall–Kier alpha value is -2.33. The fourth-order valence-corrected chi connectivity index (χ4v) is 2.03. The molecule has 0 radical (unpaired) electrons. The van der Waals surface area contributed by atoms with Crippen LogP contribution in [0.5, 0.6) is 0 Å². The summed E-state index contributed by atoms with van der Waals surface area (Å²) in [6, 6.07) is 6.89. The highest BCUT2D eigenvalue weighted by molar-refractivity contribution is 9.10. The number of benzene rings is 1. The minimum absolute atomic E-state index is 0.166. The monoisotopic (exact) mass is 319 g/mol. The summed E-state index contributed by atoms with van der Waals surface area (Å²) in [4.78, 5) is 12.0. The molecular weight excluding hydrogens is 310 g/mol. The van der Waals surface area contributed by atoms with E-state index in [1.807, 2.05) is 6.07 Å². The maximum atomic E-state index is 12.0. The van der Waals surface area contributed by atoms with Crippen LogP contribution >= 0.6 is 15.9 Å². The fraction of sp³-hybridized carbons (Fsp3) is 0.0833. The normalized spacial score (nSPS) is 9.95. The number of aryl methyl sites for hydroxylation is 1. The molecule has 0 saturated carbocycles. The largest absolute Gasteiger partial charge is 0.396 e. The lowest BCUT2D eigenvalue weighted by molar-refractivity contribution is 0.102. The van der Waals surface area contributed by atoms with E-state index in [1.165, 1.54) is 4.68 Å². The molecule has 3 N–H and O–H groups in total. The second kappa shape index (κ2) is 5.12. The van der Waals surface area contributed by atoms with Gasteiger partial charge >= 0.3 is 0 Å². The van der Waals surface area contributed by atoms with Crippen molar-refractivity contribution < 1.29 is 4.79 Å². The van der Waals surface area contributed by atoms with Crippen molar-refractivity contribution in [2.24, 2.45) is 7.05 Å². The minimum atomic E-state index is -0.400. The summed E-state index contributed by atoms with van der Waals surface area (Å²) in [5.74, 6) is -0.400. The molecule has 1 amide bonds. The molecule has 0 bridgehead atoms. The predicted octanol–water partition coefficient (Wildman–Crippen LogP) is 1.89. The zero-order valence-electron chi connectivity index (χ0n) is 10.0. The van der Waals surface area contributed by atoms with E-state index in [0.717, 1.165) is 0 Å². The van der Waals surface area contributed by atoms with Crippen LogP contribution in [-0.2, 0) is 7.05 Å². The molecule has 2 aromatic rings. The summed E-state index contributed by atoms with van der Waals surface area (Å²) in [6.45, 7) is 0. The zero-order chi connectivity index (χ0) is 14.0. The molecule has 1 aromatic heterocycles. The second-order valence-corrected chi connectivity index (χ2v) is 4.72. The standard InChI is InChI=1S/C12H10BrN5O/c1-18-6-9(15)11(17-18)12(19)16-10-3-2-7(5-14)4-8(10)13/h2-4,6H,15H2,1H3,(H,16,19). The molecule has 7 heteroatoms. The molecule has 6 nitrogen and oxygen atoms in total. The average molecular weight is 320 g/mol. The number of halogens is 1. The lowest BCUT2D eigenvalue weighted by atomic mass is 10.2. The lowest BCUT2D eigenvalue weighted by Crippen LogP contribution is -2.15. The molecule has 0 fully saturated rings. The number of hydrogen-bond acceptors (Lipinski definition) is 4. The van der Waals surface area contributed by atoms with E-state index in [1.54, 1.807) is 31.4 Å². The number of carbonyl (C=O) groups is 1. The number of rotatable bonds is 2. The van der Waals surface area contributed by atoms with Crippen LogP contribution in [-0.4, -0.2) is 15.7 Å². The van der Waals surface area contributed by atoms with Crippen LogP contribution in [0.3, 0.4) is 0 Å². The van der Waals surface area contributed by atoms with Gasteiger partial charge in [-0.05, 0) is 34.1 Å². The lowest BCUT2D eigenvalue weighted by Gasteiger charge is -2.06. The van der Waals surface area contributed by atoms with Gasteiger partial charge in [0.25, 0.3) is 5.91 Å². The number of aromatic nitrogens is 2. The van der Waals surface area contributed by atoms with Crippen molar-refractivity contribution in [3.63, 3.8) is 0 Å². The molecule has 0 aliphatic heterocycles. The molecule has 0 atom stereocenters. The number of anilines is 2. The number of nitrogens with two attached hydrogens (primary N) is 1. The highest BCUT2D eigenvalue weighted by atomic mass is 79.9. The SMILES string of the molecule is Cn1cc(N)c(C(=O)Nc2ccc(C#N)cc2Br)n1. The van der Waals surface area contributed by atoms with E-state index < -0.39 is 5.91 Å². The molecule has 1 heterocycles. The van der Waals surface area contributed by atoms with Crippen molar-refractivity contribution in [3.05, 3.63) is 40.1 Å². The number of nitrogens with one attached hydrogen (secondary N) is 1. The van der Waals surface area contributed by atoms with Gasteiger partial charge in [0.1, 0.15) is 0 Å². The second-order valence-electron chi connectivity index (χ2n) is 3.87. The first-order valence-corrected chi connectivity index (χ1v) is 6.10. The Labute approximate surface area is 118 Å². The van der Waals surface area contributed by atoms with Crippen LogP contribution in [0.25, 0.3) is 0 Å². The Morgan fingerprint density at radius 2 is 2.32 bits per heavy atom. The van der Waals surface area contributed by atoms with Crippen molar-refractivity contribution in [3.8, 4) is 6.07 Å². The Morgan fingerprint density at radius 3 is 2.84 bits per heavy atom. The Bertz CT molecular complexity index is 686. The van der Waals surface area contributed by atoms with Gasteiger partial charge in [-0.2, -0.15) is 10.4 Å². The van der Waals surface area contributed by atoms with Gasteiger partial charge in [0.15, 0.2) is 5.69 Å². The maximum absolute atomic E-state index is 12.0. The topological polar surface area (TPSA) is 96.7 Å². The number of nitrogen functional groups attached to an aromatic ring is 1. The van der Waals surface area contributed by atoms with Gasteiger partial charge < -0.3 is 11.1 Å². The van der Waals surface area contributed by atoms with E-state index in [0.29, 0.717) is 21.4 Å². The Balaban J connectivity index is 2.25. The van der Waals surface area contributed by atoms with E-state index >= 15 is 0 Å². The van der Waals surface area contributed by atoms with Crippen molar-refractivity contribution >= 4 is 33.2 Å². The van der Waals surface area contributed by atoms with Crippen molar-refractivity contribution in [2.75, 3.05) is 11.1 Å². The van der Waals surface area contributed by atoms with E-state index in [-0.39, 0.29) is 5.69 Å². The third-order valence-electron chi connectivity index (χ3n) is 2.42. The first kappa shape index (κ1) is 13.1. The molecule has 2 rings (SSSR count). The van der Waals surface area contributed by atoms with Gasteiger partial charge in [0.05, 0.1) is 23.0 Å². The molecule has 0 aliphatic rings. The van der Waals surface area contributed by atoms with E-state index in [9.17, 15) is 4.79 Å². The third-order valence-corrected chi connectivity index (χ3v) is 3.07. The van der Waals surface area contributed by atoms with E-state index in [2.05, 4.69) is 26.3 Å². The van der Waals surface area contributed by atoms with Crippen LogP contribution < -0.4 is 11.1 Å². The van der Waals surface area contributed by atoms with E-state index in [4.69, 9.17) is 11.0 Å². The van der Waals surface area contributed by atoms with Crippen LogP contribution in [0.15, 0.2) is 28.9 Å². The molecule has 0 spiro atoms. The first-order chi connectivity index (χ1) is 9.01. The third kappa shape index (κ3) is 2.74. The summed E-state index contributed by atoms with van der Waals surface area (Å²) >= 11 is 3.29. The summed E-state index contributed by atoms with van der Waals surface area (Å²) in [5.41, 5.74) is 7.21. The molecule has 96 valence electrons. The van der Waals surface area contributed by atoms with Gasteiger partial charge in [0.2, 0.25) is 0 Å². The summed E-state index contributed by atoms with van der Waals surface area (Å²) in [5, 5.41) is 15.4. The Kier molecular flexibility index (Phi) is 3.53.